The average Bonchev–Trinajstić information content (AvgIpc) is 2.15. The molecule has 15 heavy (non-hydrogen) atoms. The maximum absolute atomic E-state index is 11.1. The molecule has 4 nitrogen and oxygen atoms in total. The van der Waals surface area contributed by atoms with Crippen LogP contribution in [0.3, 0.4) is 0 Å². The molecule has 1 aromatic carbocycles. The maximum atomic E-state index is 11.1. The zero-order chi connectivity index (χ0) is 11.6. The Balaban J connectivity index is 3.66. The van der Waals surface area contributed by atoms with E-state index in [1.807, 2.05) is 0 Å². The molecule has 7 heteroatoms. The Morgan fingerprint density at radius 1 is 1.47 bits per heavy atom. The quantitative estimate of drug-likeness (QED) is 0.825. The topological polar surface area (TPSA) is 78.2 Å². The van der Waals surface area contributed by atoms with Gasteiger partial charge in [-0.1, -0.05) is 11.6 Å². The van der Waals surface area contributed by atoms with Crippen LogP contribution in [0.1, 0.15) is 11.1 Å². The summed E-state index contributed by atoms with van der Waals surface area (Å²) in [6.45, 7) is -0.620. The molecule has 1 aromatic rings. The first-order valence-electron chi connectivity index (χ1n) is 3.68. The number of aliphatic hydroxyl groups is 1. The SMILES string of the molecule is N#Cc1c(Cl)ccc(S(=O)(=O)Cl)c1CO. The van der Waals surface area contributed by atoms with Crippen molar-refractivity contribution in [1.29, 1.82) is 5.26 Å². The summed E-state index contributed by atoms with van der Waals surface area (Å²) in [6.07, 6.45) is 0. The highest BCUT2D eigenvalue weighted by Gasteiger charge is 2.19. The van der Waals surface area contributed by atoms with Crippen LogP contribution >= 0.6 is 22.3 Å². The van der Waals surface area contributed by atoms with Crippen LogP contribution in [0.25, 0.3) is 0 Å². The van der Waals surface area contributed by atoms with E-state index in [-0.39, 0.29) is 21.0 Å². The van der Waals surface area contributed by atoms with Gasteiger partial charge in [0, 0.05) is 16.2 Å². The van der Waals surface area contributed by atoms with Crippen LogP contribution in [-0.4, -0.2) is 13.5 Å². The Hall–Kier alpha value is -0.800. The number of benzene rings is 1. The molecule has 1 N–H and O–H groups in total. The summed E-state index contributed by atoms with van der Waals surface area (Å²) in [6, 6.07) is 4.11. The van der Waals surface area contributed by atoms with Crippen molar-refractivity contribution >= 4 is 31.3 Å². The fourth-order valence-electron chi connectivity index (χ4n) is 1.11. The molecule has 0 aromatic heterocycles. The average molecular weight is 266 g/mol. The number of rotatable bonds is 2. The first kappa shape index (κ1) is 12.3. The number of halogens is 2. The normalized spacial score (nSPS) is 11.1. The molecule has 0 amide bonds. The van der Waals surface area contributed by atoms with Gasteiger partial charge in [0.2, 0.25) is 0 Å². The minimum Gasteiger partial charge on any atom is -0.392 e. The predicted molar refractivity (Wildman–Crippen MR) is 55.1 cm³/mol. The van der Waals surface area contributed by atoms with Crippen molar-refractivity contribution < 1.29 is 13.5 Å². The van der Waals surface area contributed by atoms with E-state index >= 15 is 0 Å². The Kier molecular flexibility index (Phi) is 3.58. The Labute approximate surface area is 96.1 Å². The Bertz CT molecular complexity index is 534. The molecule has 1 rings (SSSR count). The lowest BCUT2D eigenvalue weighted by atomic mass is 10.1. The largest absolute Gasteiger partial charge is 0.392 e. The van der Waals surface area contributed by atoms with E-state index in [1.165, 1.54) is 6.07 Å². The minimum atomic E-state index is -3.99. The number of nitrogens with zero attached hydrogens (tertiary/aromatic N) is 1. The molecule has 0 aliphatic heterocycles. The van der Waals surface area contributed by atoms with Crippen LogP contribution in [0.15, 0.2) is 17.0 Å². The van der Waals surface area contributed by atoms with Gasteiger partial charge in [-0.15, -0.1) is 0 Å². The van der Waals surface area contributed by atoms with Gasteiger partial charge < -0.3 is 5.11 Å². The van der Waals surface area contributed by atoms with Gasteiger partial charge in [-0.2, -0.15) is 5.26 Å². The Morgan fingerprint density at radius 2 is 2.07 bits per heavy atom. The molecule has 0 heterocycles. The maximum Gasteiger partial charge on any atom is 0.261 e. The number of hydrogen-bond acceptors (Lipinski definition) is 4. The zero-order valence-corrected chi connectivity index (χ0v) is 9.57. The van der Waals surface area contributed by atoms with Crippen LogP contribution in [-0.2, 0) is 15.7 Å². The third-order valence-corrected chi connectivity index (χ3v) is 3.47. The molecule has 0 unspecified atom stereocenters. The molecule has 0 saturated heterocycles. The highest BCUT2D eigenvalue weighted by molar-refractivity contribution is 8.13. The highest BCUT2D eigenvalue weighted by Crippen LogP contribution is 2.28. The third kappa shape index (κ3) is 2.41. The van der Waals surface area contributed by atoms with Crippen molar-refractivity contribution in [2.24, 2.45) is 0 Å². The van der Waals surface area contributed by atoms with Gasteiger partial charge in [-0.05, 0) is 12.1 Å². The van der Waals surface area contributed by atoms with E-state index in [4.69, 9.17) is 32.7 Å². The summed E-state index contributed by atoms with van der Waals surface area (Å²) in [5, 5.41) is 17.8. The minimum absolute atomic E-state index is 0.0746. The van der Waals surface area contributed by atoms with Crippen LogP contribution in [0.2, 0.25) is 5.02 Å². The molecule has 0 saturated carbocycles. The van der Waals surface area contributed by atoms with E-state index in [0.29, 0.717) is 0 Å². The summed E-state index contributed by atoms with van der Waals surface area (Å²) >= 11 is 5.66. The summed E-state index contributed by atoms with van der Waals surface area (Å²) in [5.74, 6) is 0. The molecule has 0 spiro atoms. The third-order valence-electron chi connectivity index (χ3n) is 1.75. The van der Waals surface area contributed by atoms with Crippen molar-refractivity contribution in [3.8, 4) is 6.07 Å². The first-order chi connectivity index (χ1) is 6.91. The van der Waals surface area contributed by atoms with Crippen LogP contribution < -0.4 is 0 Å². The molecule has 80 valence electrons. The van der Waals surface area contributed by atoms with E-state index < -0.39 is 15.7 Å². The van der Waals surface area contributed by atoms with Gasteiger partial charge in [-0.25, -0.2) is 8.42 Å². The molecule has 0 atom stereocenters. The standard InChI is InChI=1S/C8H5Cl2NO3S/c9-7-1-2-8(15(10,13)14)6(4-12)5(7)3-11/h1-2,12H,4H2. The summed E-state index contributed by atoms with van der Waals surface area (Å²) in [4.78, 5) is -0.299. The fraction of sp³-hybridized carbons (Fsp3) is 0.125. The fourth-order valence-corrected chi connectivity index (χ4v) is 2.45. The van der Waals surface area contributed by atoms with Crippen molar-refractivity contribution in [3.05, 3.63) is 28.3 Å². The summed E-state index contributed by atoms with van der Waals surface area (Å²) < 4.78 is 22.2. The lowest BCUT2D eigenvalue weighted by Gasteiger charge is -2.06. The Morgan fingerprint density at radius 3 is 2.47 bits per heavy atom. The van der Waals surface area contributed by atoms with E-state index in [0.717, 1.165) is 6.07 Å². The monoisotopic (exact) mass is 265 g/mol. The number of nitriles is 1. The summed E-state index contributed by atoms with van der Waals surface area (Å²) in [5.41, 5.74) is -0.166. The van der Waals surface area contributed by atoms with Gasteiger partial charge in [0.05, 0.1) is 22.1 Å². The molecule has 0 radical (unpaired) electrons. The number of aliphatic hydroxyl groups excluding tert-OH is 1. The van der Waals surface area contributed by atoms with Gasteiger partial charge in [0.15, 0.2) is 0 Å². The van der Waals surface area contributed by atoms with Crippen molar-refractivity contribution in [2.45, 2.75) is 11.5 Å². The second-order valence-corrected chi connectivity index (χ2v) is 5.55. The molecule has 0 fully saturated rings. The van der Waals surface area contributed by atoms with Crippen LogP contribution in [0, 0.1) is 11.3 Å². The van der Waals surface area contributed by atoms with Crippen molar-refractivity contribution in [3.63, 3.8) is 0 Å². The first-order valence-corrected chi connectivity index (χ1v) is 6.37. The summed E-state index contributed by atoms with van der Waals surface area (Å²) in [7, 11) is 1.14. The van der Waals surface area contributed by atoms with E-state index in [2.05, 4.69) is 0 Å². The second-order valence-electron chi connectivity index (χ2n) is 2.61. The highest BCUT2D eigenvalue weighted by atomic mass is 35.7. The van der Waals surface area contributed by atoms with Gasteiger partial charge in [-0.3, -0.25) is 0 Å². The molecule has 0 aliphatic carbocycles. The van der Waals surface area contributed by atoms with E-state index in [9.17, 15) is 8.42 Å². The van der Waals surface area contributed by atoms with E-state index in [1.54, 1.807) is 6.07 Å². The lowest BCUT2D eigenvalue weighted by molar-refractivity contribution is 0.278. The molecular weight excluding hydrogens is 261 g/mol. The molecule has 0 aliphatic rings. The predicted octanol–water partition coefficient (Wildman–Crippen LogP) is 1.63. The second kappa shape index (κ2) is 4.37. The smallest absolute Gasteiger partial charge is 0.261 e. The van der Waals surface area contributed by atoms with Crippen molar-refractivity contribution in [2.75, 3.05) is 0 Å². The van der Waals surface area contributed by atoms with Gasteiger partial charge in [0.25, 0.3) is 9.05 Å². The van der Waals surface area contributed by atoms with Crippen molar-refractivity contribution in [1.82, 2.24) is 0 Å². The molecular formula is C8H5Cl2NO3S. The van der Waals surface area contributed by atoms with Gasteiger partial charge >= 0.3 is 0 Å². The molecule has 0 bridgehead atoms. The van der Waals surface area contributed by atoms with Gasteiger partial charge in [0.1, 0.15) is 6.07 Å². The van der Waals surface area contributed by atoms with Crippen LogP contribution in [0.4, 0.5) is 0 Å². The zero-order valence-electron chi connectivity index (χ0n) is 7.24. The lowest BCUT2D eigenvalue weighted by Crippen LogP contribution is -2.01. The van der Waals surface area contributed by atoms with Crippen LogP contribution in [0.5, 0.6) is 0 Å². The number of hydrogen-bond donors (Lipinski definition) is 1.